The Balaban J connectivity index is 2.45. The van der Waals surface area contributed by atoms with Crippen LogP contribution in [0.1, 0.15) is 32.3 Å². The number of aliphatic hydroxyl groups is 1. The highest BCUT2D eigenvalue weighted by Crippen LogP contribution is 2.26. The lowest BCUT2D eigenvalue weighted by molar-refractivity contribution is -0.127. The highest BCUT2D eigenvalue weighted by molar-refractivity contribution is 5.80. The molecule has 5 nitrogen and oxygen atoms in total. The topological polar surface area (TPSA) is 67.8 Å². The summed E-state index contributed by atoms with van der Waals surface area (Å²) >= 11 is 0. The monoisotopic (exact) mass is 295 g/mol. The van der Waals surface area contributed by atoms with Crippen LogP contribution in [0.15, 0.2) is 24.3 Å². The minimum Gasteiger partial charge on any atom is -0.481 e. The van der Waals surface area contributed by atoms with E-state index in [1.54, 1.807) is 6.92 Å². The molecule has 118 valence electrons. The fourth-order valence-electron chi connectivity index (χ4n) is 1.87. The Labute approximate surface area is 126 Å². The van der Waals surface area contributed by atoms with Crippen LogP contribution in [-0.4, -0.2) is 43.5 Å². The number of nitrogens with one attached hydrogen (secondary N) is 1. The van der Waals surface area contributed by atoms with Crippen molar-refractivity contribution in [1.29, 1.82) is 0 Å². The number of hydrogen-bond donors (Lipinski definition) is 2. The number of ether oxygens (including phenoxy) is 2. The van der Waals surface area contributed by atoms with Gasteiger partial charge in [-0.15, -0.1) is 0 Å². The van der Waals surface area contributed by atoms with Gasteiger partial charge in [-0.2, -0.15) is 0 Å². The lowest BCUT2D eigenvalue weighted by Gasteiger charge is -2.18. The van der Waals surface area contributed by atoms with E-state index in [1.807, 2.05) is 24.3 Å². The van der Waals surface area contributed by atoms with Crippen molar-refractivity contribution in [2.45, 2.75) is 32.8 Å². The molecule has 5 heteroatoms. The SMILES string of the molecule is CC(Oc1ccccc1C(C)C)C(=O)NCCOCCO. The maximum absolute atomic E-state index is 11.9. The molecule has 0 fully saturated rings. The molecule has 2 N–H and O–H groups in total. The van der Waals surface area contributed by atoms with E-state index in [9.17, 15) is 4.79 Å². The van der Waals surface area contributed by atoms with Crippen molar-refractivity contribution >= 4 is 5.91 Å². The lowest BCUT2D eigenvalue weighted by Crippen LogP contribution is -2.38. The molecule has 1 unspecified atom stereocenters. The van der Waals surface area contributed by atoms with E-state index in [1.165, 1.54) is 0 Å². The van der Waals surface area contributed by atoms with Gasteiger partial charge in [-0.05, 0) is 24.5 Å². The molecule has 0 saturated carbocycles. The summed E-state index contributed by atoms with van der Waals surface area (Å²) in [7, 11) is 0. The lowest BCUT2D eigenvalue weighted by atomic mass is 10.0. The minimum absolute atomic E-state index is 0.0144. The van der Waals surface area contributed by atoms with Crippen LogP contribution in [0.3, 0.4) is 0 Å². The smallest absolute Gasteiger partial charge is 0.260 e. The quantitative estimate of drug-likeness (QED) is 0.681. The van der Waals surface area contributed by atoms with Crippen LogP contribution in [0.4, 0.5) is 0 Å². The Kier molecular flexibility index (Phi) is 7.79. The largest absolute Gasteiger partial charge is 0.481 e. The average Bonchev–Trinajstić information content (AvgIpc) is 2.47. The van der Waals surface area contributed by atoms with Gasteiger partial charge in [0.2, 0.25) is 0 Å². The Morgan fingerprint density at radius 3 is 2.62 bits per heavy atom. The summed E-state index contributed by atoms with van der Waals surface area (Å²) in [6, 6.07) is 7.75. The van der Waals surface area contributed by atoms with Gasteiger partial charge in [-0.3, -0.25) is 4.79 Å². The Hall–Kier alpha value is -1.59. The Morgan fingerprint density at radius 2 is 1.95 bits per heavy atom. The molecule has 0 aliphatic rings. The standard InChI is InChI=1S/C16H25NO4/c1-12(2)14-6-4-5-7-15(14)21-13(3)16(19)17-8-10-20-11-9-18/h4-7,12-13,18H,8-11H2,1-3H3,(H,17,19). The second-order valence-corrected chi connectivity index (χ2v) is 5.08. The number of para-hydroxylation sites is 1. The molecule has 0 aromatic heterocycles. The molecule has 0 spiro atoms. The summed E-state index contributed by atoms with van der Waals surface area (Å²) in [5.74, 6) is 0.899. The third-order valence-corrected chi connectivity index (χ3v) is 3.00. The van der Waals surface area contributed by atoms with E-state index in [-0.39, 0.29) is 19.1 Å². The third kappa shape index (κ3) is 6.14. The summed E-state index contributed by atoms with van der Waals surface area (Å²) in [6.07, 6.45) is -0.567. The number of carbonyl (C=O) groups is 1. The van der Waals surface area contributed by atoms with Crippen molar-refractivity contribution in [1.82, 2.24) is 5.32 Å². The van der Waals surface area contributed by atoms with Crippen LogP contribution in [0.25, 0.3) is 0 Å². The van der Waals surface area contributed by atoms with Crippen molar-refractivity contribution in [3.63, 3.8) is 0 Å². The summed E-state index contributed by atoms with van der Waals surface area (Å²) in [4.78, 5) is 11.9. The van der Waals surface area contributed by atoms with Crippen molar-refractivity contribution in [3.05, 3.63) is 29.8 Å². The van der Waals surface area contributed by atoms with Crippen molar-refractivity contribution < 1.29 is 19.4 Å². The average molecular weight is 295 g/mol. The first-order chi connectivity index (χ1) is 10.1. The number of hydrogen-bond acceptors (Lipinski definition) is 4. The van der Waals surface area contributed by atoms with E-state index in [0.717, 1.165) is 11.3 Å². The first-order valence-corrected chi connectivity index (χ1v) is 7.28. The van der Waals surface area contributed by atoms with Gasteiger partial charge in [-0.25, -0.2) is 0 Å². The van der Waals surface area contributed by atoms with E-state index < -0.39 is 6.10 Å². The number of carbonyl (C=O) groups excluding carboxylic acids is 1. The minimum atomic E-state index is -0.567. The molecule has 0 aliphatic heterocycles. The molecule has 1 atom stereocenters. The summed E-state index contributed by atoms with van der Waals surface area (Å²) in [5.41, 5.74) is 1.09. The van der Waals surface area contributed by atoms with Crippen molar-refractivity contribution in [3.8, 4) is 5.75 Å². The molecule has 1 aromatic carbocycles. The molecule has 0 heterocycles. The molecule has 1 rings (SSSR count). The molecular formula is C16H25NO4. The fraction of sp³-hybridized carbons (Fsp3) is 0.562. The molecule has 0 bridgehead atoms. The van der Waals surface area contributed by atoms with Crippen LogP contribution in [0, 0.1) is 0 Å². The van der Waals surface area contributed by atoms with Crippen LogP contribution < -0.4 is 10.1 Å². The fourth-order valence-corrected chi connectivity index (χ4v) is 1.87. The predicted molar refractivity (Wildman–Crippen MR) is 81.5 cm³/mol. The number of rotatable bonds is 9. The maximum Gasteiger partial charge on any atom is 0.260 e. The molecule has 0 aliphatic carbocycles. The summed E-state index contributed by atoms with van der Waals surface area (Å²) in [5, 5.41) is 11.3. The summed E-state index contributed by atoms with van der Waals surface area (Å²) in [6.45, 7) is 6.95. The van der Waals surface area contributed by atoms with Crippen LogP contribution in [0.2, 0.25) is 0 Å². The van der Waals surface area contributed by atoms with Gasteiger partial charge in [0.15, 0.2) is 6.10 Å². The van der Waals surface area contributed by atoms with Crippen LogP contribution >= 0.6 is 0 Å². The highest BCUT2D eigenvalue weighted by atomic mass is 16.5. The molecule has 1 amide bonds. The Bertz CT molecular complexity index is 434. The number of amides is 1. The van der Waals surface area contributed by atoms with Crippen molar-refractivity contribution in [2.24, 2.45) is 0 Å². The number of aliphatic hydroxyl groups excluding tert-OH is 1. The third-order valence-electron chi connectivity index (χ3n) is 3.00. The van der Waals surface area contributed by atoms with E-state index >= 15 is 0 Å². The first-order valence-electron chi connectivity index (χ1n) is 7.28. The van der Waals surface area contributed by atoms with Gasteiger partial charge >= 0.3 is 0 Å². The van der Waals surface area contributed by atoms with Gasteiger partial charge in [-0.1, -0.05) is 32.0 Å². The predicted octanol–water partition coefficient (Wildman–Crippen LogP) is 1.70. The van der Waals surface area contributed by atoms with E-state index in [4.69, 9.17) is 14.6 Å². The van der Waals surface area contributed by atoms with Crippen molar-refractivity contribution in [2.75, 3.05) is 26.4 Å². The normalized spacial score (nSPS) is 12.2. The van der Waals surface area contributed by atoms with E-state index in [2.05, 4.69) is 19.2 Å². The van der Waals surface area contributed by atoms with Crippen LogP contribution in [0.5, 0.6) is 5.75 Å². The van der Waals surface area contributed by atoms with E-state index in [0.29, 0.717) is 19.1 Å². The maximum atomic E-state index is 11.9. The molecule has 1 aromatic rings. The van der Waals surface area contributed by atoms with Gasteiger partial charge < -0.3 is 19.9 Å². The Morgan fingerprint density at radius 1 is 1.24 bits per heavy atom. The zero-order chi connectivity index (χ0) is 15.7. The molecule has 0 radical (unpaired) electrons. The van der Waals surface area contributed by atoms with Gasteiger partial charge in [0.25, 0.3) is 5.91 Å². The molecular weight excluding hydrogens is 270 g/mol. The second-order valence-electron chi connectivity index (χ2n) is 5.08. The zero-order valence-electron chi connectivity index (χ0n) is 13.0. The molecule has 21 heavy (non-hydrogen) atoms. The van der Waals surface area contributed by atoms with Gasteiger partial charge in [0, 0.05) is 6.54 Å². The zero-order valence-corrected chi connectivity index (χ0v) is 13.0. The molecule has 0 saturated heterocycles. The number of benzene rings is 1. The van der Waals surface area contributed by atoms with Crippen LogP contribution in [-0.2, 0) is 9.53 Å². The van der Waals surface area contributed by atoms with Gasteiger partial charge in [0.05, 0.1) is 19.8 Å². The summed E-state index contributed by atoms with van der Waals surface area (Å²) < 4.78 is 10.8. The van der Waals surface area contributed by atoms with Gasteiger partial charge in [0.1, 0.15) is 5.75 Å². The highest BCUT2D eigenvalue weighted by Gasteiger charge is 2.16. The second kappa shape index (κ2) is 9.37. The first kappa shape index (κ1) is 17.5.